The SMILES string of the molecule is CNC(C#N)COc1cccc(Cl)c1Cl. The van der Waals surface area contributed by atoms with Crippen LogP contribution >= 0.6 is 23.2 Å². The lowest BCUT2D eigenvalue weighted by Crippen LogP contribution is -2.29. The summed E-state index contributed by atoms with van der Waals surface area (Å²) in [6, 6.07) is 6.81. The molecule has 0 bridgehead atoms. The summed E-state index contributed by atoms with van der Waals surface area (Å²) in [5.41, 5.74) is 0. The summed E-state index contributed by atoms with van der Waals surface area (Å²) < 4.78 is 5.36. The predicted molar refractivity (Wildman–Crippen MR) is 60.4 cm³/mol. The van der Waals surface area contributed by atoms with Crippen molar-refractivity contribution < 1.29 is 4.74 Å². The van der Waals surface area contributed by atoms with E-state index in [-0.39, 0.29) is 12.6 Å². The summed E-state index contributed by atoms with van der Waals surface area (Å²) in [4.78, 5) is 0. The molecule has 1 aromatic carbocycles. The number of nitrogens with zero attached hydrogens (tertiary/aromatic N) is 1. The molecule has 0 amide bonds. The molecule has 0 saturated heterocycles. The minimum atomic E-state index is -0.361. The van der Waals surface area contributed by atoms with Crippen molar-refractivity contribution in [1.82, 2.24) is 5.32 Å². The van der Waals surface area contributed by atoms with Crippen molar-refractivity contribution in [2.75, 3.05) is 13.7 Å². The van der Waals surface area contributed by atoms with Crippen molar-refractivity contribution in [3.05, 3.63) is 28.2 Å². The maximum Gasteiger partial charge on any atom is 0.139 e. The smallest absolute Gasteiger partial charge is 0.139 e. The molecular weight excluding hydrogens is 235 g/mol. The van der Waals surface area contributed by atoms with Crippen molar-refractivity contribution in [2.45, 2.75) is 6.04 Å². The van der Waals surface area contributed by atoms with Gasteiger partial charge in [-0.25, -0.2) is 0 Å². The van der Waals surface area contributed by atoms with E-state index >= 15 is 0 Å². The van der Waals surface area contributed by atoms with Crippen LogP contribution in [-0.4, -0.2) is 19.7 Å². The van der Waals surface area contributed by atoms with Crippen LogP contribution < -0.4 is 10.1 Å². The largest absolute Gasteiger partial charge is 0.489 e. The van der Waals surface area contributed by atoms with Crippen LogP contribution in [0.3, 0.4) is 0 Å². The summed E-state index contributed by atoms with van der Waals surface area (Å²) in [5.74, 6) is 0.486. The van der Waals surface area contributed by atoms with Crippen molar-refractivity contribution in [3.8, 4) is 11.8 Å². The third-order valence-corrected chi connectivity index (χ3v) is 2.63. The van der Waals surface area contributed by atoms with Gasteiger partial charge in [0.1, 0.15) is 23.4 Å². The fraction of sp³-hybridized carbons (Fsp3) is 0.300. The summed E-state index contributed by atoms with van der Waals surface area (Å²) in [6.07, 6.45) is 0. The van der Waals surface area contributed by atoms with Crippen LogP contribution in [0.25, 0.3) is 0 Å². The number of likely N-dealkylation sites (N-methyl/N-ethyl adjacent to an activating group) is 1. The van der Waals surface area contributed by atoms with E-state index in [1.807, 2.05) is 6.07 Å². The zero-order chi connectivity index (χ0) is 11.3. The molecule has 0 heterocycles. The lowest BCUT2D eigenvalue weighted by molar-refractivity contribution is 0.295. The molecule has 1 aromatic rings. The van der Waals surface area contributed by atoms with Gasteiger partial charge in [-0.1, -0.05) is 29.3 Å². The van der Waals surface area contributed by atoms with E-state index in [9.17, 15) is 0 Å². The molecule has 1 N–H and O–H groups in total. The predicted octanol–water partition coefficient (Wildman–Crippen LogP) is 2.48. The average molecular weight is 245 g/mol. The van der Waals surface area contributed by atoms with E-state index in [0.717, 1.165) is 0 Å². The van der Waals surface area contributed by atoms with Gasteiger partial charge in [-0.2, -0.15) is 5.26 Å². The number of halogens is 2. The van der Waals surface area contributed by atoms with E-state index in [4.69, 9.17) is 33.2 Å². The van der Waals surface area contributed by atoms with E-state index in [1.54, 1.807) is 25.2 Å². The van der Waals surface area contributed by atoms with Crippen molar-refractivity contribution in [1.29, 1.82) is 5.26 Å². The molecule has 1 unspecified atom stereocenters. The van der Waals surface area contributed by atoms with E-state index in [2.05, 4.69) is 5.32 Å². The second kappa shape index (κ2) is 5.82. The lowest BCUT2D eigenvalue weighted by Gasteiger charge is -2.11. The van der Waals surface area contributed by atoms with Gasteiger partial charge in [-0.05, 0) is 19.2 Å². The molecule has 15 heavy (non-hydrogen) atoms. The first-order valence-corrected chi connectivity index (χ1v) is 5.08. The Balaban J connectivity index is 2.66. The zero-order valence-electron chi connectivity index (χ0n) is 8.13. The number of hydrogen-bond acceptors (Lipinski definition) is 3. The standard InChI is InChI=1S/C10H10Cl2N2O/c1-14-7(5-13)6-15-9-4-2-3-8(11)10(9)12/h2-4,7,14H,6H2,1H3. The van der Waals surface area contributed by atoms with Crippen LogP contribution in [0.5, 0.6) is 5.75 Å². The van der Waals surface area contributed by atoms with Crippen LogP contribution in [0.4, 0.5) is 0 Å². The molecule has 0 radical (unpaired) electrons. The average Bonchev–Trinajstić information content (AvgIpc) is 2.25. The Labute approximate surface area is 98.6 Å². The highest BCUT2D eigenvalue weighted by Crippen LogP contribution is 2.31. The van der Waals surface area contributed by atoms with Crippen molar-refractivity contribution >= 4 is 23.2 Å². The van der Waals surface area contributed by atoms with Gasteiger partial charge < -0.3 is 10.1 Å². The Morgan fingerprint density at radius 1 is 1.53 bits per heavy atom. The zero-order valence-corrected chi connectivity index (χ0v) is 9.64. The topological polar surface area (TPSA) is 45.0 Å². The van der Waals surface area contributed by atoms with Crippen molar-refractivity contribution in [3.63, 3.8) is 0 Å². The number of ether oxygens (including phenoxy) is 1. The molecule has 0 fully saturated rings. The van der Waals surface area contributed by atoms with Gasteiger partial charge in [-0.15, -0.1) is 0 Å². The Morgan fingerprint density at radius 2 is 2.27 bits per heavy atom. The Hall–Kier alpha value is -0.950. The third-order valence-electron chi connectivity index (χ3n) is 1.83. The lowest BCUT2D eigenvalue weighted by atomic mass is 10.3. The Bertz CT molecular complexity index is 376. The molecule has 0 aliphatic rings. The second-order valence-electron chi connectivity index (χ2n) is 2.83. The van der Waals surface area contributed by atoms with E-state index in [1.165, 1.54) is 0 Å². The number of benzene rings is 1. The fourth-order valence-corrected chi connectivity index (χ4v) is 1.30. The highest BCUT2D eigenvalue weighted by Gasteiger charge is 2.08. The van der Waals surface area contributed by atoms with Gasteiger partial charge in [0.25, 0.3) is 0 Å². The molecule has 80 valence electrons. The molecule has 0 spiro atoms. The third kappa shape index (κ3) is 3.28. The molecule has 1 atom stereocenters. The summed E-state index contributed by atoms with van der Waals surface area (Å²) >= 11 is 11.7. The van der Waals surface area contributed by atoms with Gasteiger partial charge >= 0.3 is 0 Å². The minimum absolute atomic E-state index is 0.229. The first-order chi connectivity index (χ1) is 7.19. The number of nitriles is 1. The van der Waals surface area contributed by atoms with Crippen molar-refractivity contribution in [2.24, 2.45) is 0 Å². The molecule has 0 aliphatic carbocycles. The highest BCUT2D eigenvalue weighted by molar-refractivity contribution is 6.42. The molecule has 3 nitrogen and oxygen atoms in total. The van der Waals surface area contributed by atoms with Crippen LogP contribution in [0, 0.1) is 11.3 Å². The molecule has 0 aromatic heterocycles. The van der Waals surface area contributed by atoms with Gasteiger partial charge in [0.05, 0.1) is 11.1 Å². The van der Waals surface area contributed by atoms with Gasteiger partial charge in [-0.3, -0.25) is 0 Å². The Kier molecular flexibility index (Phi) is 4.70. The fourth-order valence-electron chi connectivity index (χ4n) is 0.954. The van der Waals surface area contributed by atoms with Crippen LogP contribution in [0.15, 0.2) is 18.2 Å². The minimum Gasteiger partial charge on any atom is -0.489 e. The molecule has 0 saturated carbocycles. The maximum atomic E-state index is 8.68. The van der Waals surface area contributed by atoms with E-state index in [0.29, 0.717) is 15.8 Å². The molecule has 0 aliphatic heterocycles. The summed E-state index contributed by atoms with van der Waals surface area (Å²) in [7, 11) is 1.69. The number of rotatable bonds is 4. The second-order valence-corrected chi connectivity index (χ2v) is 3.62. The highest BCUT2D eigenvalue weighted by atomic mass is 35.5. The summed E-state index contributed by atoms with van der Waals surface area (Å²) in [5, 5.41) is 12.3. The Morgan fingerprint density at radius 3 is 2.87 bits per heavy atom. The monoisotopic (exact) mass is 244 g/mol. The van der Waals surface area contributed by atoms with Gasteiger partial charge in [0.2, 0.25) is 0 Å². The molecule has 1 rings (SSSR count). The molecule has 5 heteroatoms. The van der Waals surface area contributed by atoms with Gasteiger partial charge in [0, 0.05) is 0 Å². The first kappa shape index (κ1) is 12.1. The van der Waals surface area contributed by atoms with Crippen LogP contribution in [-0.2, 0) is 0 Å². The molecular formula is C10H10Cl2N2O. The van der Waals surface area contributed by atoms with Crippen LogP contribution in [0.2, 0.25) is 10.0 Å². The quantitative estimate of drug-likeness (QED) is 0.886. The normalized spacial score (nSPS) is 11.9. The van der Waals surface area contributed by atoms with Gasteiger partial charge in [0.15, 0.2) is 0 Å². The summed E-state index contributed by atoms with van der Waals surface area (Å²) in [6.45, 7) is 0.229. The maximum absolute atomic E-state index is 8.68. The van der Waals surface area contributed by atoms with E-state index < -0.39 is 0 Å². The number of hydrogen-bond donors (Lipinski definition) is 1. The number of nitrogens with one attached hydrogen (secondary N) is 1. The van der Waals surface area contributed by atoms with Crippen LogP contribution in [0.1, 0.15) is 0 Å². The first-order valence-electron chi connectivity index (χ1n) is 4.32.